The van der Waals surface area contributed by atoms with Crippen LogP contribution >= 0.6 is 0 Å². The Morgan fingerprint density at radius 1 is 1.03 bits per heavy atom. The summed E-state index contributed by atoms with van der Waals surface area (Å²) in [5, 5.41) is 3.28. The fourth-order valence-electron chi connectivity index (χ4n) is 3.65. The maximum atomic E-state index is 13.7. The first-order valence-electron chi connectivity index (χ1n) is 10.3. The van der Waals surface area contributed by atoms with Crippen LogP contribution in [0.1, 0.15) is 18.5 Å². The van der Waals surface area contributed by atoms with Crippen LogP contribution in [0.4, 0.5) is 11.4 Å². The fourth-order valence-corrected chi connectivity index (χ4v) is 5.30. The van der Waals surface area contributed by atoms with Gasteiger partial charge in [-0.3, -0.25) is 4.31 Å². The molecule has 1 aliphatic heterocycles. The van der Waals surface area contributed by atoms with Crippen molar-refractivity contribution in [3.05, 3.63) is 84.4 Å². The van der Waals surface area contributed by atoms with Crippen LogP contribution in [-0.4, -0.2) is 34.8 Å². The van der Waals surface area contributed by atoms with E-state index in [0.29, 0.717) is 31.2 Å². The van der Waals surface area contributed by atoms with E-state index >= 15 is 0 Å². The van der Waals surface area contributed by atoms with E-state index in [9.17, 15) is 8.42 Å². The van der Waals surface area contributed by atoms with Crippen LogP contribution in [0, 0.1) is 0 Å². The summed E-state index contributed by atoms with van der Waals surface area (Å²) in [7, 11) is -3.80. The fraction of sp³-hybridized carbons (Fsp3) is 0.250. The molecule has 1 atom stereocenters. The Morgan fingerprint density at radius 3 is 2.45 bits per heavy atom. The summed E-state index contributed by atoms with van der Waals surface area (Å²) in [6, 6.07) is 23.1. The Balaban J connectivity index is 1.73. The second-order valence-corrected chi connectivity index (χ2v) is 8.97. The molecule has 1 heterocycles. The van der Waals surface area contributed by atoms with Crippen molar-refractivity contribution in [3.63, 3.8) is 0 Å². The van der Waals surface area contributed by atoms with Crippen molar-refractivity contribution < 1.29 is 17.9 Å². The van der Waals surface area contributed by atoms with E-state index in [2.05, 4.69) is 5.32 Å². The largest absolute Gasteiger partial charge is 0.489 e. The van der Waals surface area contributed by atoms with Gasteiger partial charge in [-0.1, -0.05) is 48.5 Å². The predicted molar refractivity (Wildman–Crippen MR) is 122 cm³/mol. The second kappa shape index (κ2) is 9.41. The van der Waals surface area contributed by atoms with E-state index in [1.54, 1.807) is 36.4 Å². The van der Waals surface area contributed by atoms with Gasteiger partial charge in [0.2, 0.25) is 0 Å². The van der Waals surface area contributed by atoms with Crippen LogP contribution in [0.25, 0.3) is 0 Å². The molecule has 0 radical (unpaired) electrons. The van der Waals surface area contributed by atoms with Crippen LogP contribution in [0.5, 0.6) is 5.75 Å². The van der Waals surface area contributed by atoms with Gasteiger partial charge in [-0.2, -0.15) is 0 Å². The molecule has 0 amide bonds. The minimum absolute atomic E-state index is 0.228. The molecular formula is C24H26N2O4S. The lowest BCUT2D eigenvalue weighted by Gasteiger charge is -2.38. The van der Waals surface area contributed by atoms with E-state index in [4.69, 9.17) is 9.47 Å². The summed E-state index contributed by atoms with van der Waals surface area (Å²) < 4.78 is 40.3. The Hall–Kier alpha value is -3.03. The number of benzene rings is 3. The van der Waals surface area contributed by atoms with Crippen molar-refractivity contribution in [2.75, 3.05) is 36.0 Å². The monoisotopic (exact) mass is 438 g/mol. The van der Waals surface area contributed by atoms with Gasteiger partial charge in [0.1, 0.15) is 18.4 Å². The van der Waals surface area contributed by atoms with Crippen LogP contribution < -0.4 is 14.4 Å². The number of ether oxygens (including phenoxy) is 2. The number of nitrogens with one attached hydrogen (secondary N) is 1. The van der Waals surface area contributed by atoms with Gasteiger partial charge in [0, 0.05) is 24.9 Å². The summed E-state index contributed by atoms with van der Waals surface area (Å²) in [6.07, 6.45) is 0. The van der Waals surface area contributed by atoms with Crippen molar-refractivity contribution in [2.45, 2.75) is 17.9 Å². The third-order valence-electron chi connectivity index (χ3n) is 5.14. The normalized spacial score (nSPS) is 15.8. The van der Waals surface area contributed by atoms with Gasteiger partial charge in [-0.15, -0.1) is 0 Å². The molecule has 31 heavy (non-hydrogen) atoms. The number of anilines is 2. The molecule has 3 aromatic carbocycles. The first-order chi connectivity index (χ1) is 15.1. The zero-order chi connectivity index (χ0) is 21.7. The van der Waals surface area contributed by atoms with Gasteiger partial charge in [0.15, 0.2) is 0 Å². The summed E-state index contributed by atoms with van der Waals surface area (Å²) in [6.45, 7) is 4.11. The molecule has 0 aromatic heterocycles. The summed E-state index contributed by atoms with van der Waals surface area (Å²) in [5.74, 6) is 0.535. The molecule has 0 fully saturated rings. The number of nitrogens with zero attached hydrogens (tertiary/aromatic N) is 1. The third-order valence-corrected chi connectivity index (χ3v) is 6.98. The number of hydrogen-bond donors (Lipinski definition) is 1. The molecule has 7 heteroatoms. The first kappa shape index (κ1) is 21.2. The quantitative estimate of drug-likeness (QED) is 0.526. The lowest BCUT2D eigenvalue weighted by molar-refractivity contribution is 0.158. The highest BCUT2D eigenvalue weighted by molar-refractivity contribution is 7.92. The maximum absolute atomic E-state index is 13.7. The highest BCUT2D eigenvalue weighted by atomic mass is 32.2. The number of fused-ring (bicyclic) bond motifs is 1. The molecule has 0 saturated heterocycles. The molecule has 1 aliphatic rings. The van der Waals surface area contributed by atoms with Crippen LogP contribution in [0.3, 0.4) is 0 Å². The van der Waals surface area contributed by atoms with Crippen LogP contribution in [0.15, 0.2) is 83.8 Å². The molecule has 0 bridgehead atoms. The number of hydrogen-bond acceptors (Lipinski definition) is 5. The molecule has 6 nitrogen and oxygen atoms in total. The van der Waals surface area contributed by atoms with Gasteiger partial charge in [0.25, 0.3) is 10.0 Å². The SMILES string of the molecule is CCOCCNc1ccc2c(c1)OCC(c1ccccc1)N2S(=O)(=O)c1ccccc1. The minimum atomic E-state index is -3.80. The van der Waals surface area contributed by atoms with Crippen molar-refractivity contribution in [3.8, 4) is 5.75 Å². The highest BCUT2D eigenvalue weighted by Gasteiger charge is 2.38. The van der Waals surface area contributed by atoms with E-state index in [1.807, 2.05) is 49.4 Å². The number of sulfonamides is 1. The van der Waals surface area contributed by atoms with E-state index in [1.165, 1.54) is 4.31 Å². The van der Waals surface area contributed by atoms with Crippen molar-refractivity contribution in [2.24, 2.45) is 0 Å². The minimum Gasteiger partial charge on any atom is -0.489 e. The predicted octanol–water partition coefficient (Wildman–Crippen LogP) is 4.46. The first-order valence-corrected chi connectivity index (χ1v) is 11.8. The summed E-state index contributed by atoms with van der Waals surface area (Å²) in [4.78, 5) is 0.252. The molecule has 0 spiro atoms. The smallest absolute Gasteiger partial charge is 0.265 e. The molecule has 1 unspecified atom stereocenters. The van der Waals surface area contributed by atoms with Gasteiger partial charge in [-0.25, -0.2) is 8.42 Å². The highest BCUT2D eigenvalue weighted by Crippen LogP contribution is 2.44. The van der Waals surface area contributed by atoms with Crippen molar-refractivity contribution >= 4 is 21.4 Å². The molecule has 0 aliphatic carbocycles. The standard InChI is InChI=1S/C24H26N2O4S/c1-2-29-16-15-25-20-13-14-22-24(17-20)30-18-23(19-9-5-3-6-10-19)26(22)31(27,28)21-11-7-4-8-12-21/h3-14,17,23,25H,2,15-16,18H2,1H3. The second-order valence-electron chi connectivity index (χ2n) is 7.16. The topological polar surface area (TPSA) is 67.9 Å². The molecule has 0 saturated carbocycles. The lowest BCUT2D eigenvalue weighted by atomic mass is 10.1. The van der Waals surface area contributed by atoms with Crippen LogP contribution in [0.2, 0.25) is 0 Å². The van der Waals surface area contributed by atoms with Crippen molar-refractivity contribution in [1.82, 2.24) is 0 Å². The van der Waals surface area contributed by atoms with Gasteiger partial charge in [0.05, 0.1) is 17.2 Å². The zero-order valence-electron chi connectivity index (χ0n) is 17.4. The van der Waals surface area contributed by atoms with E-state index < -0.39 is 16.1 Å². The summed E-state index contributed by atoms with van der Waals surface area (Å²) in [5.41, 5.74) is 2.26. The Labute approximate surface area is 183 Å². The molecule has 1 N–H and O–H groups in total. The lowest BCUT2D eigenvalue weighted by Crippen LogP contribution is -2.41. The van der Waals surface area contributed by atoms with Gasteiger partial charge < -0.3 is 14.8 Å². The Morgan fingerprint density at radius 2 is 1.74 bits per heavy atom. The third kappa shape index (κ3) is 4.52. The Kier molecular flexibility index (Phi) is 6.44. The number of rotatable bonds is 8. The Bertz CT molecular complexity index is 1100. The van der Waals surface area contributed by atoms with Gasteiger partial charge in [-0.05, 0) is 36.8 Å². The molecule has 3 aromatic rings. The van der Waals surface area contributed by atoms with E-state index in [-0.39, 0.29) is 11.5 Å². The zero-order valence-corrected chi connectivity index (χ0v) is 18.2. The maximum Gasteiger partial charge on any atom is 0.265 e. The average Bonchev–Trinajstić information content (AvgIpc) is 2.82. The van der Waals surface area contributed by atoms with E-state index in [0.717, 1.165) is 11.3 Å². The molecule has 4 rings (SSSR count). The van der Waals surface area contributed by atoms with Crippen LogP contribution in [-0.2, 0) is 14.8 Å². The molecular weight excluding hydrogens is 412 g/mol. The van der Waals surface area contributed by atoms with Crippen molar-refractivity contribution in [1.29, 1.82) is 0 Å². The summed E-state index contributed by atoms with van der Waals surface area (Å²) >= 11 is 0. The van der Waals surface area contributed by atoms with Gasteiger partial charge >= 0.3 is 0 Å². The average molecular weight is 439 g/mol. The molecule has 162 valence electrons.